The van der Waals surface area contributed by atoms with Crippen molar-refractivity contribution in [2.45, 2.75) is 19.9 Å². The van der Waals surface area contributed by atoms with Crippen LogP contribution in [-0.2, 0) is 14.3 Å². The van der Waals surface area contributed by atoms with Crippen molar-refractivity contribution in [3.8, 4) is 11.5 Å². The first-order chi connectivity index (χ1) is 17.9. The molecular weight excluding hydrogens is 516 g/mol. The number of allylic oxidation sites excluding steroid dienone is 1. The number of rotatable bonds is 9. The van der Waals surface area contributed by atoms with Gasteiger partial charge in [-0.1, -0.05) is 41.1 Å². The summed E-state index contributed by atoms with van der Waals surface area (Å²) < 4.78 is 23.5. The van der Waals surface area contributed by atoms with Crippen molar-refractivity contribution in [3.05, 3.63) is 89.6 Å². The van der Waals surface area contributed by atoms with E-state index in [0.29, 0.717) is 49.3 Å². The van der Waals surface area contributed by atoms with E-state index in [1.165, 1.54) is 23.0 Å². The second-order valence-electron chi connectivity index (χ2n) is 8.11. The van der Waals surface area contributed by atoms with Crippen molar-refractivity contribution in [3.63, 3.8) is 0 Å². The summed E-state index contributed by atoms with van der Waals surface area (Å²) in [6.45, 7) is 4.49. The summed E-state index contributed by atoms with van der Waals surface area (Å²) in [5.41, 5.74) is 1.99. The minimum absolute atomic E-state index is 0.0868. The van der Waals surface area contributed by atoms with Gasteiger partial charge in [0.05, 0.1) is 42.2 Å². The Labute approximate surface area is 223 Å². The minimum Gasteiger partial charge on any atom is -0.493 e. The van der Waals surface area contributed by atoms with E-state index < -0.39 is 12.0 Å². The number of nitrogens with zero attached hydrogens (tertiary/aromatic N) is 2. The highest BCUT2D eigenvalue weighted by atomic mass is 35.5. The van der Waals surface area contributed by atoms with Gasteiger partial charge in [-0.05, 0) is 55.3 Å². The van der Waals surface area contributed by atoms with Crippen molar-refractivity contribution in [1.29, 1.82) is 0 Å². The molecule has 0 N–H and O–H groups in total. The fourth-order valence-electron chi connectivity index (χ4n) is 4.04. The first-order valence-electron chi connectivity index (χ1n) is 11.6. The molecule has 1 unspecified atom stereocenters. The van der Waals surface area contributed by atoms with Gasteiger partial charge in [0, 0.05) is 12.1 Å². The lowest BCUT2D eigenvalue weighted by Gasteiger charge is -2.24. The molecule has 1 atom stereocenters. The molecule has 3 aromatic rings. The lowest BCUT2D eigenvalue weighted by Crippen LogP contribution is -2.40. The zero-order valence-electron chi connectivity index (χ0n) is 20.9. The molecule has 2 aromatic carbocycles. The van der Waals surface area contributed by atoms with Crippen LogP contribution in [0.2, 0.25) is 5.02 Å². The fourth-order valence-corrected chi connectivity index (χ4v) is 5.21. The van der Waals surface area contributed by atoms with E-state index in [9.17, 15) is 9.59 Å². The average molecular weight is 543 g/mol. The van der Waals surface area contributed by atoms with Crippen LogP contribution >= 0.6 is 22.9 Å². The number of hydrogen-bond acceptors (Lipinski definition) is 8. The molecule has 10 heteroatoms. The standard InChI is InChI=1S/C27H27ClN2O6S/c1-5-35-20-11-6-17(14-21(20)34-4)15-22-25(31)30-24(18-7-9-19(28)10-8-18)23(16(2)29-27(30)37-22)26(32)36-13-12-33-3/h6-11,14-15,24H,5,12-13H2,1-4H3. The Hall–Kier alpha value is -3.40. The molecule has 0 aliphatic carbocycles. The highest BCUT2D eigenvalue weighted by Crippen LogP contribution is 2.31. The monoisotopic (exact) mass is 542 g/mol. The van der Waals surface area contributed by atoms with E-state index >= 15 is 0 Å². The van der Waals surface area contributed by atoms with Gasteiger partial charge in [0.2, 0.25) is 0 Å². The Bertz CT molecular complexity index is 1510. The summed E-state index contributed by atoms with van der Waals surface area (Å²) in [7, 11) is 3.09. The van der Waals surface area contributed by atoms with Gasteiger partial charge < -0.3 is 18.9 Å². The maximum absolute atomic E-state index is 13.7. The third-order valence-electron chi connectivity index (χ3n) is 5.73. The SMILES string of the molecule is CCOc1ccc(C=c2sc3n(c2=O)C(c2ccc(Cl)cc2)C(C(=O)OCCOC)=C(C)N=3)cc1OC. The van der Waals surface area contributed by atoms with E-state index in [4.69, 9.17) is 30.5 Å². The fraction of sp³-hybridized carbons (Fsp3) is 0.296. The van der Waals surface area contributed by atoms with Crippen LogP contribution in [0.3, 0.4) is 0 Å². The second-order valence-corrected chi connectivity index (χ2v) is 9.55. The van der Waals surface area contributed by atoms with Crippen LogP contribution in [0.25, 0.3) is 6.08 Å². The summed E-state index contributed by atoms with van der Waals surface area (Å²) in [4.78, 5) is 32.0. The van der Waals surface area contributed by atoms with Gasteiger partial charge in [-0.3, -0.25) is 9.36 Å². The zero-order chi connectivity index (χ0) is 26.5. The molecule has 0 amide bonds. The molecule has 0 spiro atoms. The predicted octanol–water partition coefficient (Wildman–Crippen LogP) is 3.49. The topological polar surface area (TPSA) is 88.4 Å². The third kappa shape index (κ3) is 5.64. The number of fused-ring (bicyclic) bond motifs is 1. The molecular formula is C27H27ClN2O6S. The van der Waals surface area contributed by atoms with Crippen LogP contribution in [0.4, 0.5) is 0 Å². The molecule has 0 fully saturated rings. The summed E-state index contributed by atoms with van der Waals surface area (Å²) in [5, 5.41) is 0.547. The Balaban J connectivity index is 1.85. The van der Waals surface area contributed by atoms with Crippen LogP contribution in [0, 0.1) is 0 Å². The number of benzene rings is 2. The van der Waals surface area contributed by atoms with Crippen LogP contribution < -0.4 is 24.4 Å². The number of thiazole rings is 1. The van der Waals surface area contributed by atoms with Gasteiger partial charge in [-0.25, -0.2) is 9.79 Å². The Morgan fingerprint density at radius 3 is 2.57 bits per heavy atom. The van der Waals surface area contributed by atoms with Crippen molar-refractivity contribution in [2.24, 2.45) is 4.99 Å². The summed E-state index contributed by atoms with van der Waals surface area (Å²) in [5.74, 6) is 0.640. The molecule has 194 valence electrons. The van der Waals surface area contributed by atoms with E-state index in [1.54, 1.807) is 50.4 Å². The molecule has 37 heavy (non-hydrogen) atoms. The van der Waals surface area contributed by atoms with Crippen LogP contribution in [0.15, 0.2) is 63.5 Å². The summed E-state index contributed by atoms with van der Waals surface area (Å²) in [6.07, 6.45) is 1.77. The van der Waals surface area contributed by atoms with Crippen molar-refractivity contribution in [1.82, 2.24) is 4.57 Å². The molecule has 0 saturated carbocycles. The van der Waals surface area contributed by atoms with Crippen molar-refractivity contribution >= 4 is 35.0 Å². The van der Waals surface area contributed by atoms with Crippen LogP contribution in [0.5, 0.6) is 11.5 Å². The lowest BCUT2D eigenvalue weighted by atomic mass is 9.96. The second kappa shape index (κ2) is 11.8. The Morgan fingerprint density at radius 1 is 1.14 bits per heavy atom. The third-order valence-corrected chi connectivity index (χ3v) is 6.97. The number of halogens is 1. The Morgan fingerprint density at radius 2 is 1.89 bits per heavy atom. The Kier molecular flexibility index (Phi) is 8.48. The maximum Gasteiger partial charge on any atom is 0.338 e. The van der Waals surface area contributed by atoms with Crippen molar-refractivity contribution in [2.75, 3.05) is 34.0 Å². The van der Waals surface area contributed by atoms with Crippen molar-refractivity contribution < 1.29 is 23.7 Å². The number of aromatic nitrogens is 1. The first kappa shape index (κ1) is 26.7. The van der Waals surface area contributed by atoms with E-state index in [1.807, 2.05) is 19.1 Å². The summed E-state index contributed by atoms with van der Waals surface area (Å²) >= 11 is 7.37. The highest BCUT2D eigenvalue weighted by molar-refractivity contribution is 7.07. The summed E-state index contributed by atoms with van der Waals surface area (Å²) in [6, 6.07) is 11.8. The quantitative estimate of drug-likeness (QED) is 0.304. The molecule has 1 aliphatic rings. The van der Waals surface area contributed by atoms with Gasteiger partial charge in [0.25, 0.3) is 5.56 Å². The number of carbonyl (C=O) groups excluding carboxylic acids is 1. The van der Waals surface area contributed by atoms with Gasteiger partial charge in [-0.2, -0.15) is 0 Å². The zero-order valence-corrected chi connectivity index (χ0v) is 22.5. The maximum atomic E-state index is 13.7. The molecule has 1 aromatic heterocycles. The number of methoxy groups -OCH3 is 2. The van der Waals surface area contributed by atoms with Crippen LogP contribution in [0.1, 0.15) is 31.0 Å². The smallest absolute Gasteiger partial charge is 0.338 e. The average Bonchev–Trinajstić information content (AvgIpc) is 3.19. The molecule has 0 bridgehead atoms. The molecule has 2 heterocycles. The predicted molar refractivity (Wildman–Crippen MR) is 142 cm³/mol. The van der Waals surface area contributed by atoms with Gasteiger partial charge in [0.15, 0.2) is 16.3 Å². The number of carbonyl (C=O) groups is 1. The van der Waals surface area contributed by atoms with Crippen LogP contribution in [-0.4, -0.2) is 44.6 Å². The molecule has 0 saturated heterocycles. The molecule has 8 nitrogen and oxygen atoms in total. The molecule has 1 aliphatic heterocycles. The largest absolute Gasteiger partial charge is 0.493 e. The number of ether oxygens (including phenoxy) is 4. The van der Waals surface area contributed by atoms with Gasteiger partial charge in [0.1, 0.15) is 6.61 Å². The van der Waals surface area contributed by atoms with E-state index in [-0.39, 0.29) is 18.8 Å². The number of hydrogen-bond donors (Lipinski definition) is 0. The molecule has 0 radical (unpaired) electrons. The normalized spacial score (nSPS) is 15.3. The van der Waals surface area contributed by atoms with E-state index in [2.05, 4.69) is 4.99 Å². The first-order valence-corrected chi connectivity index (χ1v) is 12.8. The number of esters is 1. The minimum atomic E-state index is -0.722. The highest BCUT2D eigenvalue weighted by Gasteiger charge is 2.33. The van der Waals surface area contributed by atoms with Gasteiger partial charge in [-0.15, -0.1) is 0 Å². The lowest BCUT2D eigenvalue weighted by molar-refractivity contribution is -0.140. The van der Waals surface area contributed by atoms with Gasteiger partial charge >= 0.3 is 5.97 Å². The van der Waals surface area contributed by atoms with E-state index in [0.717, 1.165) is 5.56 Å². The molecule has 4 rings (SSSR count).